The van der Waals surface area contributed by atoms with Crippen LogP contribution >= 0.6 is 0 Å². The molecule has 86 valence electrons. The third kappa shape index (κ3) is 2.51. The van der Waals surface area contributed by atoms with E-state index in [0.717, 1.165) is 25.2 Å². The molecular weight excluding hydrogens is 188 g/mol. The Labute approximate surface area is 91.8 Å². The molecule has 2 fully saturated rings. The van der Waals surface area contributed by atoms with Crippen molar-refractivity contribution in [1.29, 1.82) is 0 Å². The summed E-state index contributed by atoms with van der Waals surface area (Å²) in [5.41, 5.74) is 5.68. The van der Waals surface area contributed by atoms with Crippen molar-refractivity contribution in [2.24, 2.45) is 23.5 Å². The first-order valence-corrected chi connectivity index (χ1v) is 6.22. The molecule has 3 N–H and O–H groups in total. The number of amides is 1. The average Bonchev–Trinajstić information content (AvgIpc) is 2.96. The zero-order chi connectivity index (χ0) is 10.8. The van der Waals surface area contributed by atoms with Gasteiger partial charge in [0.05, 0.1) is 0 Å². The van der Waals surface area contributed by atoms with Gasteiger partial charge in [-0.15, -0.1) is 0 Å². The normalized spacial score (nSPS) is 32.7. The zero-order valence-electron chi connectivity index (χ0n) is 9.54. The second kappa shape index (κ2) is 4.52. The van der Waals surface area contributed by atoms with Crippen molar-refractivity contribution in [2.45, 2.75) is 45.1 Å². The first kappa shape index (κ1) is 10.9. The molecule has 0 spiro atoms. The summed E-state index contributed by atoms with van der Waals surface area (Å²) in [4.78, 5) is 12.0. The lowest BCUT2D eigenvalue weighted by molar-refractivity contribution is -0.126. The van der Waals surface area contributed by atoms with Crippen molar-refractivity contribution in [1.82, 2.24) is 5.32 Å². The molecule has 3 heteroatoms. The van der Waals surface area contributed by atoms with Crippen LogP contribution in [0.1, 0.15) is 39.0 Å². The highest BCUT2D eigenvalue weighted by Crippen LogP contribution is 2.34. The van der Waals surface area contributed by atoms with Crippen LogP contribution in [0.15, 0.2) is 0 Å². The van der Waals surface area contributed by atoms with E-state index in [9.17, 15) is 4.79 Å². The summed E-state index contributed by atoms with van der Waals surface area (Å²) in [5, 5.41) is 3.15. The molecule has 0 saturated heterocycles. The predicted molar refractivity (Wildman–Crippen MR) is 60.2 cm³/mol. The van der Waals surface area contributed by atoms with E-state index >= 15 is 0 Å². The molecule has 3 nitrogen and oxygen atoms in total. The quantitative estimate of drug-likeness (QED) is 0.734. The van der Waals surface area contributed by atoms with E-state index in [2.05, 4.69) is 12.2 Å². The number of hydrogen-bond acceptors (Lipinski definition) is 2. The monoisotopic (exact) mass is 210 g/mol. The maximum absolute atomic E-state index is 12.0. The lowest BCUT2D eigenvalue weighted by Gasteiger charge is -2.20. The van der Waals surface area contributed by atoms with Crippen molar-refractivity contribution in [3.8, 4) is 0 Å². The van der Waals surface area contributed by atoms with Crippen LogP contribution in [0.2, 0.25) is 0 Å². The second-order valence-corrected chi connectivity index (χ2v) is 5.17. The van der Waals surface area contributed by atoms with Crippen LogP contribution in [0, 0.1) is 17.8 Å². The highest BCUT2D eigenvalue weighted by Gasteiger charge is 2.35. The van der Waals surface area contributed by atoms with Crippen molar-refractivity contribution in [3.63, 3.8) is 0 Å². The Morgan fingerprint density at radius 2 is 2.13 bits per heavy atom. The van der Waals surface area contributed by atoms with E-state index in [4.69, 9.17) is 5.73 Å². The predicted octanol–water partition coefficient (Wildman–Crippen LogP) is 1.28. The minimum atomic E-state index is 0.191. The molecule has 0 aromatic heterocycles. The number of hydrogen-bond donors (Lipinski definition) is 2. The summed E-state index contributed by atoms with van der Waals surface area (Å²) in [6.07, 6.45) is 5.90. The summed E-state index contributed by atoms with van der Waals surface area (Å²) in [5.74, 6) is 1.61. The van der Waals surface area contributed by atoms with Gasteiger partial charge in [0.2, 0.25) is 5.91 Å². The maximum Gasteiger partial charge on any atom is 0.223 e. The molecule has 0 bridgehead atoms. The molecule has 2 rings (SSSR count). The smallest absolute Gasteiger partial charge is 0.223 e. The summed E-state index contributed by atoms with van der Waals surface area (Å²) < 4.78 is 0. The molecule has 2 aliphatic rings. The van der Waals surface area contributed by atoms with Crippen molar-refractivity contribution in [3.05, 3.63) is 0 Å². The standard InChI is InChI=1S/C12H22N2O/c1-8(9-5-6-9)14-12(15)11-4-2-3-10(11)7-13/h8-11H,2-7,13H2,1H3,(H,14,15). The topological polar surface area (TPSA) is 55.1 Å². The SMILES string of the molecule is CC(NC(=O)C1CCCC1CN)C1CC1. The number of nitrogens with one attached hydrogen (secondary N) is 1. The van der Waals surface area contributed by atoms with Crippen LogP contribution in [-0.2, 0) is 4.79 Å². The Balaban J connectivity index is 1.83. The fraction of sp³-hybridized carbons (Fsp3) is 0.917. The number of rotatable bonds is 4. The van der Waals surface area contributed by atoms with Gasteiger partial charge in [-0.2, -0.15) is 0 Å². The van der Waals surface area contributed by atoms with Gasteiger partial charge in [0, 0.05) is 12.0 Å². The summed E-state index contributed by atoms with van der Waals surface area (Å²) in [6.45, 7) is 2.79. The van der Waals surface area contributed by atoms with E-state index in [-0.39, 0.29) is 11.8 Å². The van der Waals surface area contributed by atoms with Gasteiger partial charge in [-0.3, -0.25) is 4.79 Å². The number of carbonyl (C=O) groups excluding carboxylic acids is 1. The molecular formula is C12H22N2O. The highest BCUT2D eigenvalue weighted by molar-refractivity contribution is 5.79. The second-order valence-electron chi connectivity index (χ2n) is 5.17. The zero-order valence-corrected chi connectivity index (χ0v) is 9.54. The molecule has 1 amide bonds. The molecule has 3 atom stereocenters. The highest BCUT2D eigenvalue weighted by atomic mass is 16.2. The van der Waals surface area contributed by atoms with Gasteiger partial charge in [-0.25, -0.2) is 0 Å². The summed E-state index contributed by atoms with van der Waals surface area (Å²) in [7, 11) is 0. The molecule has 3 unspecified atom stereocenters. The van der Waals surface area contributed by atoms with Gasteiger partial charge in [-0.05, 0) is 51.0 Å². The van der Waals surface area contributed by atoms with Crippen LogP contribution in [0.25, 0.3) is 0 Å². The van der Waals surface area contributed by atoms with Gasteiger partial charge in [0.1, 0.15) is 0 Å². The summed E-state index contributed by atoms with van der Waals surface area (Å²) >= 11 is 0. The Hall–Kier alpha value is -0.570. The maximum atomic E-state index is 12.0. The molecule has 0 radical (unpaired) electrons. The van der Waals surface area contributed by atoms with E-state index < -0.39 is 0 Å². The lowest BCUT2D eigenvalue weighted by atomic mass is 9.95. The van der Waals surface area contributed by atoms with E-state index in [0.29, 0.717) is 18.5 Å². The van der Waals surface area contributed by atoms with Crippen LogP contribution in [0.5, 0.6) is 0 Å². The van der Waals surface area contributed by atoms with Crippen molar-refractivity contribution in [2.75, 3.05) is 6.54 Å². The molecule has 0 aliphatic heterocycles. The van der Waals surface area contributed by atoms with E-state index in [1.54, 1.807) is 0 Å². The van der Waals surface area contributed by atoms with Crippen LogP contribution in [0.4, 0.5) is 0 Å². The molecule has 0 aromatic carbocycles. The van der Waals surface area contributed by atoms with Gasteiger partial charge in [-0.1, -0.05) is 6.42 Å². The first-order chi connectivity index (χ1) is 7.22. The summed E-state index contributed by atoms with van der Waals surface area (Å²) in [6, 6.07) is 0.372. The minimum absolute atomic E-state index is 0.191. The van der Waals surface area contributed by atoms with Gasteiger partial charge in [0.25, 0.3) is 0 Å². The van der Waals surface area contributed by atoms with Crippen molar-refractivity contribution < 1.29 is 4.79 Å². The Morgan fingerprint density at radius 3 is 2.73 bits per heavy atom. The number of nitrogens with two attached hydrogens (primary N) is 1. The molecule has 15 heavy (non-hydrogen) atoms. The first-order valence-electron chi connectivity index (χ1n) is 6.22. The van der Waals surface area contributed by atoms with Gasteiger partial charge < -0.3 is 11.1 Å². The fourth-order valence-corrected chi connectivity index (χ4v) is 2.71. The third-order valence-electron chi connectivity index (χ3n) is 4.00. The molecule has 0 aromatic rings. The van der Waals surface area contributed by atoms with Gasteiger partial charge in [0.15, 0.2) is 0 Å². The van der Waals surface area contributed by atoms with Gasteiger partial charge >= 0.3 is 0 Å². The lowest BCUT2D eigenvalue weighted by Crippen LogP contribution is -2.40. The van der Waals surface area contributed by atoms with Crippen molar-refractivity contribution >= 4 is 5.91 Å². The molecule has 0 heterocycles. The van der Waals surface area contributed by atoms with Crippen LogP contribution in [-0.4, -0.2) is 18.5 Å². The Morgan fingerprint density at radius 1 is 1.40 bits per heavy atom. The fourth-order valence-electron chi connectivity index (χ4n) is 2.71. The van der Waals surface area contributed by atoms with E-state index in [1.165, 1.54) is 12.8 Å². The largest absolute Gasteiger partial charge is 0.353 e. The average molecular weight is 210 g/mol. The Bertz CT molecular complexity index is 238. The molecule has 2 aliphatic carbocycles. The third-order valence-corrected chi connectivity index (χ3v) is 4.00. The minimum Gasteiger partial charge on any atom is -0.353 e. The van der Waals surface area contributed by atoms with Crippen LogP contribution in [0.3, 0.4) is 0 Å². The van der Waals surface area contributed by atoms with E-state index in [1.807, 2.05) is 0 Å². The molecule has 2 saturated carbocycles. The number of carbonyl (C=O) groups is 1. The Kier molecular flexibility index (Phi) is 3.29. The van der Waals surface area contributed by atoms with Crippen LogP contribution < -0.4 is 11.1 Å².